The lowest BCUT2D eigenvalue weighted by molar-refractivity contribution is 0.669. The maximum Gasteiger partial charge on any atom is 0.164 e. The molecule has 46 heavy (non-hydrogen) atoms. The summed E-state index contributed by atoms with van der Waals surface area (Å²) in [6.45, 7) is 0. The van der Waals surface area contributed by atoms with Gasteiger partial charge >= 0.3 is 0 Å². The third-order valence-corrected chi connectivity index (χ3v) is 8.91. The Hall–Kier alpha value is -6.33. The molecule has 3 aromatic heterocycles. The van der Waals surface area contributed by atoms with Crippen molar-refractivity contribution in [3.8, 4) is 34.2 Å². The van der Waals surface area contributed by atoms with E-state index < -0.39 is 0 Å². The minimum atomic E-state index is 0.583. The van der Waals surface area contributed by atoms with Gasteiger partial charge in [0.25, 0.3) is 0 Å². The van der Waals surface area contributed by atoms with Crippen molar-refractivity contribution in [2.45, 2.75) is 0 Å². The Bertz CT molecular complexity index is 2810. The summed E-state index contributed by atoms with van der Waals surface area (Å²) in [5.74, 6) is 1.77. The van der Waals surface area contributed by atoms with E-state index in [4.69, 9.17) is 23.8 Å². The molecule has 0 aliphatic carbocycles. The second kappa shape index (κ2) is 9.58. The third kappa shape index (κ3) is 3.72. The van der Waals surface area contributed by atoms with E-state index in [0.717, 1.165) is 66.0 Å². The van der Waals surface area contributed by atoms with Crippen molar-refractivity contribution in [1.82, 2.24) is 15.0 Å². The summed E-state index contributed by atoms with van der Waals surface area (Å²) in [5, 5.41) is 8.76. The highest BCUT2D eigenvalue weighted by atomic mass is 16.3. The normalized spacial score (nSPS) is 11.9. The average molecular weight is 590 g/mol. The maximum absolute atomic E-state index is 6.48. The minimum Gasteiger partial charge on any atom is -0.456 e. The molecule has 0 unspecified atom stereocenters. The molecular weight excluding hydrogens is 566 g/mol. The first kappa shape index (κ1) is 25.0. The number of para-hydroxylation sites is 1. The van der Waals surface area contributed by atoms with Crippen LogP contribution in [-0.4, -0.2) is 15.0 Å². The predicted octanol–water partition coefficient (Wildman–Crippen LogP) is 11.0. The molecule has 0 saturated heterocycles. The molecule has 0 bridgehead atoms. The number of rotatable bonds is 3. The standard InChI is InChI=1S/C41H23N3O2/c1-2-11-25(12-3-1)39-42-40(29-15-8-18-34-37(29)28-14-6-7-17-33(28)45-34)44-41(43-39)30-16-9-19-35-38(30)32-23-31-26(22-36(32)46-35)21-20-24-10-4-5-13-27(24)31/h1-23H. The summed E-state index contributed by atoms with van der Waals surface area (Å²) in [6, 6.07) is 47.5. The summed E-state index contributed by atoms with van der Waals surface area (Å²) < 4.78 is 12.7. The van der Waals surface area contributed by atoms with E-state index in [9.17, 15) is 0 Å². The zero-order chi connectivity index (χ0) is 30.2. The Morgan fingerprint density at radius 3 is 1.72 bits per heavy atom. The van der Waals surface area contributed by atoms with Gasteiger partial charge in [0.15, 0.2) is 17.5 Å². The number of hydrogen-bond donors (Lipinski definition) is 0. The average Bonchev–Trinajstić information content (AvgIpc) is 3.69. The molecule has 0 amide bonds. The number of hydrogen-bond acceptors (Lipinski definition) is 5. The summed E-state index contributed by atoms with van der Waals surface area (Å²) in [7, 11) is 0. The van der Waals surface area contributed by atoms with Crippen LogP contribution in [0.4, 0.5) is 0 Å². The molecule has 5 nitrogen and oxygen atoms in total. The molecule has 0 N–H and O–H groups in total. The van der Waals surface area contributed by atoms with Crippen LogP contribution in [0.3, 0.4) is 0 Å². The van der Waals surface area contributed by atoms with Crippen molar-refractivity contribution < 1.29 is 8.83 Å². The van der Waals surface area contributed by atoms with Crippen molar-refractivity contribution in [1.29, 1.82) is 0 Å². The summed E-state index contributed by atoms with van der Waals surface area (Å²) in [6.07, 6.45) is 0. The van der Waals surface area contributed by atoms with Crippen LogP contribution in [0.5, 0.6) is 0 Å². The number of benzene rings is 7. The van der Waals surface area contributed by atoms with Crippen molar-refractivity contribution in [2.75, 3.05) is 0 Å². The van der Waals surface area contributed by atoms with Gasteiger partial charge in [-0.15, -0.1) is 0 Å². The van der Waals surface area contributed by atoms with Gasteiger partial charge in [-0.05, 0) is 51.9 Å². The van der Waals surface area contributed by atoms with Crippen LogP contribution < -0.4 is 0 Å². The fraction of sp³-hybridized carbons (Fsp3) is 0. The quantitative estimate of drug-likeness (QED) is 0.192. The van der Waals surface area contributed by atoms with Gasteiger partial charge in [0.05, 0.1) is 0 Å². The molecule has 0 fully saturated rings. The van der Waals surface area contributed by atoms with E-state index in [-0.39, 0.29) is 0 Å². The molecule has 3 heterocycles. The van der Waals surface area contributed by atoms with Crippen molar-refractivity contribution in [3.05, 3.63) is 140 Å². The summed E-state index contributed by atoms with van der Waals surface area (Å²) >= 11 is 0. The monoisotopic (exact) mass is 589 g/mol. The molecule has 7 aromatic carbocycles. The van der Waals surface area contributed by atoms with Gasteiger partial charge in [0.1, 0.15) is 22.3 Å². The molecule has 214 valence electrons. The predicted molar refractivity (Wildman–Crippen MR) is 186 cm³/mol. The third-order valence-electron chi connectivity index (χ3n) is 8.91. The number of nitrogens with zero attached hydrogens (tertiary/aromatic N) is 3. The van der Waals surface area contributed by atoms with Gasteiger partial charge in [0, 0.05) is 38.2 Å². The lowest BCUT2D eigenvalue weighted by Gasteiger charge is -2.10. The van der Waals surface area contributed by atoms with E-state index in [2.05, 4.69) is 66.7 Å². The molecular formula is C41H23N3O2. The molecule has 10 aromatic rings. The first-order chi connectivity index (χ1) is 22.8. The second-order valence-corrected chi connectivity index (χ2v) is 11.6. The molecule has 0 radical (unpaired) electrons. The van der Waals surface area contributed by atoms with Crippen LogP contribution in [0.1, 0.15) is 0 Å². The van der Waals surface area contributed by atoms with Crippen molar-refractivity contribution >= 4 is 65.4 Å². The molecule has 0 spiro atoms. The fourth-order valence-electron chi connectivity index (χ4n) is 6.81. The highest BCUT2D eigenvalue weighted by molar-refractivity contribution is 6.19. The van der Waals surface area contributed by atoms with E-state index >= 15 is 0 Å². The smallest absolute Gasteiger partial charge is 0.164 e. The lowest BCUT2D eigenvalue weighted by Crippen LogP contribution is -2.00. The SMILES string of the molecule is c1ccc(-c2nc(-c3cccc4oc5ccccc5c34)nc(-c3cccc4oc5cc6ccc7ccccc7c6cc5c34)n2)cc1. The minimum absolute atomic E-state index is 0.583. The number of aromatic nitrogens is 3. The topological polar surface area (TPSA) is 65.0 Å². The summed E-state index contributed by atoms with van der Waals surface area (Å²) in [4.78, 5) is 15.3. The van der Waals surface area contributed by atoms with Crippen LogP contribution in [0.15, 0.2) is 148 Å². The largest absolute Gasteiger partial charge is 0.456 e. The Labute approximate surface area is 262 Å². The molecule has 0 saturated carbocycles. The van der Waals surface area contributed by atoms with Gasteiger partial charge in [-0.25, -0.2) is 15.0 Å². The summed E-state index contributed by atoms with van der Waals surface area (Å²) in [5.41, 5.74) is 5.95. The number of fused-ring (bicyclic) bond motifs is 9. The van der Waals surface area contributed by atoms with Gasteiger partial charge in [-0.3, -0.25) is 0 Å². The maximum atomic E-state index is 6.48. The molecule has 5 heteroatoms. The van der Waals surface area contributed by atoms with Gasteiger partial charge in [-0.1, -0.05) is 109 Å². The zero-order valence-electron chi connectivity index (χ0n) is 24.4. The van der Waals surface area contributed by atoms with E-state index in [1.807, 2.05) is 72.8 Å². The van der Waals surface area contributed by atoms with Crippen molar-refractivity contribution in [3.63, 3.8) is 0 Å². The van der Waals surface area contributed by atoms with E-state index in [1.165, 1.54) is 16.2 Å². The zero-order valence-corrected chi connectivity index (χ0v) is 24.4. The van der Waals surface area contributed by atoms with Crippen LogP contribution in [0.2, 0.25) is 0 Å². The van der Waals surface area contributed by atoms with Crippen LogP contribution in [0, 0.1) is 0 Å². The van der Waals surface area contributed by atoms with Crippen molar-refractivity contribution in [2.24, 2.45) is 0 Å². The van der Waals surface area contributed by atoms with Crippen LogP contribution in [0.25, 0.3) is 99.6 Å². The Balaban J connectivity index is 1.28. The van der Waals surface area contributed by atoms with Gasteiger partial charge in [-0.2, -0.15) is 0 Å². The first-order valence-corrected chi connectivity index (χ1v) is 15.3. The first-order valence-electron chi connectivity index (χ1n) is 15.3. The highest BCUT2D eigenvalue weighted by Gasteiger charge is 2.20. The Morgan fingerprint density at radius 1 is 0.348 bits per heavy atom. The highest BCUT2D eigenvalue weighted by Crippen LogP contribution is 2.41. The molecule has 10 rings (SSSR count). The van der Waals surface area contributed by atoms with E-state index in [0.29, 0.717) is 17.5 Å². The Morgan fingerprint density at radius 2 is 0.935 bits per heavy atom. The van der Waals surface area contributed by atoms with E-state index in [1.54, 1.807) is 0 Å². The van der Waals surface area contributed by atoms with Gasteiger partial charge in [0.2, 0.25) is 0 Å². The van der Waals surface area contributed by atoms with Gasteiger partial charge < -0.3 is 8.83 Å². The van der Waals surface area contributed by atoms with Crippen LogP contribution in [-0.2, 0) is 0 Å². The van der Waals surface area contributed by atoms with Crippen LogP contribution >= 0.6 is 0 Å². The molecule has 0 aliphatic rings. The Kier molecular flexibility index (Phi) is 5.22. The second-order valence-electron chi connectivity index (χ2n) is 11.6. The lowest BCUT2D eigenvalue weighted by atomic mass is 9.98. The molecule has 0 aliphatic heterocycles. The number of furan rings is 2. The molecule has 0 atom stereocenters. The fourth-order valence-corrected chi connectivity index (χ4v) is 6.81.